The van der Waals surface area contributed by atoms with Crippen LogP contribution in [-0.4, -0.2) is 28.9 Å². The first-order chi connectivity index (χ1) is 7.11. The fourth-order valence-corrected chi connectivity index (χ4v) is 1.56. The summed E-state index contributed by atoms with van der Waals surface area (Å²) in [6.07, 6.45) is 0.773. The second-order valence-electron chi connectivity index (χ2n) is 4.07. The Hall–Kier alpha value is -1.06. The van der Waals surface area contributed by atoms with Gasteiger partial charge in [0.15, 0.2) is 0 Å². The number of nitrogens with one attached hydrogen (secondary N) is 1. The van der Waals surface area contributed by atoms with Gasteiger partial charge in [-0.3, -0.25) is 0 Å². The molecule has 0 aliphatic heterocycles. The highest BCUT2D eigenvalue weighted by atomic mass is 16.3. The zero-order valence-corrected chi connectivity index (χ0v) is 9.27. The summed E-state index contributed by atoms with van der Waals surface area (Å²) in [6.45, 7) is 4.23. The number of hydrogen-bond acceptors (Lipinski definition) is 3. The lowest BCUT2D eigenvalue weighted by atomic mass is 10.1. The minimum Gasteiger partial charge on any atom is -0.508 e. The van der Waals surface area contributed by atoms with E-state index in [0.717, 1.165) is 12.0 Å². The molecule has 1 aromatic carbocycles. The minimum atomic E-state index is 0.0783. The summed E-state index contributed by atoms with van der Waals surface area (Å²) in [5, 5.41) is 21.6. The topological polar surface area (TPSA) is 52.5 Å². The summed E-state index contributed by atoms with van der Waals surface area (Å²) in [5.41, 5.74) is 1.11. The molecule has 0 saturated carbocycles. The summed E-state index contributed by atoms with van der Waals surface area (Å²) < 4.78 is 0. The molecular formula is C12H19NO2. The van der Waals surface area contributed by atoms with E-state index in [2.05, 4.69) is 19.2 Å². The van der Waals surface area contributed by atoms with E-state index in [1.807, 2.05) is 12.1 Å². The molecule has 3 N–H and O–H groups in total. The van der Waals surface area contributed by atoms with Gasteiger partial charge < -0.3 is 15.5 Å². The van der Waals surface area contributed by atoms with Crippen LogP contribution in [0.1, 0.15) is 19.4 Å². The van der Waals surface area contributed by atoms with Crippen LogP contribution in [0.2, 0.25) is 0 Å². The molecule has 0 amide bonds. The third-order valence-corrected chi connectivity index (χ3v) is 2.21. The van der Waals surface area contributed by atoms with E-state index in [4.69, 9.17) is 5.11 Å². The maximum absolute atomic E-state index is 9.18. The number of hydrogen-bond donors (Lipinski definition) is 3. The van der Waals surface area contributed by atoms with Crippen molar-refractivity contribution in [2.45, 2.75) is 32.4 Å². The van der Waals surface area contributed by atoms with Crippen LogP contribution < -0.4 is 5.32 Å². The zero-order valence-electron chi connectivity index (χ0n) is 9.27. The first-order valence-corrected chi connectivity index (χ1v) is 5.26. The molecule has 1 atom stereocenters. The van der Waals surface area contributed by atoms with Gasteiger partial charge in [0.05, 0.1) is 6.61 Å². The van der Waals surface area contributed by atoms with E-state index in [1.165, 1.54) is 0 Å². The maximum atomic E-state index is 9.18. The molecule has 0 bridgehead atoms. The number of phenolic OH excluding ortho intramolecular Hbond substituents is 1. The lowest BCUT2D eigenvalue weighted by molar-refractivity contribution is 0.234. The Balaban J connectivity index is 2.54. The van der Waals surface area contributed by atoms with Crippen molar-refractivity contribution in [3.63, 3.8) is 0 Å². The molecule has 3 nitrogen and oxygen atoms in total. The van der Waals surface area contributed by atoms with Crippen LogP contribution in [-0.2, 0) is 6.42 Å². The van der Waals surface area contributed by atoms with Crippen molar-refractivity contribution in [1.82, 2.24) is 5.32 Å². The van der Waals surface area contributed by atoms with Gasteiger partial charge in [0.1, 0.15) is 5.75 Å². The van der Waals surface area contributed by atoms with Crippen molar-refractivity contribution in [1.29, 1.82) is 0 Å². The van der Waals surface area contributed by atoms with E-state index >= 15 is 0 Å². The molecule has 1 unspecified atom stereocenters. The van der Waals surface area contributed by atoms with Crippen LogP contribution in [0, 0.1) is 0 Å². The summed E-state index contributed by atoms with van der Waals surface area (Å²) in [4.78, 5) is 0. The SMILES string of the molecule is CC(C)NC(CO)Cc1ccc(O)cc1. The minimum absolute atomic E-state index is 0.0783. The van der Waals surface area contributed by atoms with Crippen LogP contribution in [0.15, 0.2) is 24.3 Å². The van der Waals surface area contributed by atoms with Gasteiger partial charge in [0.25, 0.3) is 0 Å². The number of phenols is 1. The highest BCUT2D eigenvalue weighted by molar-refractivity contribution is 5.26. The quantitative estimate of drug-likeness (QED) is 0.685. The zero-order chi connectivity index (χ0) is 11.3. The van der Waals surface area contributed by atoms with E-state index in [9.17, 15) is 5.11 Å². The van der Waals surface area contributed by atoms with Crippen LogP contribution >= 0.6 is 0 Å². The number of aliphatic hydroxyl groups is 1. The number of aliphatic hydroxyl groups excluding tert-OH is 1. The molecule has 0 saturated heterocycles. The third-order valence-electron chi connectivity index (χ3n) is 2.21. The molecule has 0 aliphatic rings. The van der Waals surface area contributed by atoms with Crippen LogP contribution in [0.4, 0.5) is 0 Å². The van der Waals surface area contributed by atoms with Crippen molar-refractivity contribution in [2.75, 3.05) is 6.61 Å². The van der Waals surface area contributed by atoms with Crippen molar-refractivity contribution >= 4 is 0 Å². The molecule has 0 fully saturated rings. The smallest absolute Gasteiger partial charge is 0.115 e. The Morgan fingerprint density at radius 1 is 1.20 bits per heavy atom. The van der Waals surface area contributed by atoms with Gasteiger partial charge in [-0.25, -0.2) is 0 Å². The highest BCUT2D eigenvalue weighted by Gasteiger charge is 2.09. The Morgan fingerprint density at radius 3 is 2.27 bits per heavy atom. The van der Waals surface area contributed by atoms with Crippen molar-refractivity contribution in [3.05, 3.63) is 29.8 Å². The van der Waals surface area contributed by atoms with Gasteiger partial charge in [0, 0.05) is 12.1 Å². The molecule has 3 heteroatoms. The number of rotatable bonds is 5. The first-order valence-electron chi connectivity index (χ1n) is 5.26. The van der Waals surface area contributed by atoms with Gasteiger partial charge in [-0.2, -0.15) is 0 Å². The molecule has 84 valence electrons. The predicted octanol–water partition coefficient (Wildman–Crippen LogP) is 1.29. The third kappa shape index (κ3) is 4.32. The molecule has 0 radical (unpaired) electrons. The highest BCUT2D eigenvalue weighted by Crippen LogP contribution is 2.11. The second-order valence-corrected chi connectivity index (χ2v) is 4.07. The molecule has 0 aromatic heterocycles. The summed E-state index contributed by atoms with van der Waals surface area (Å²) in [6, 6.07) is 7.52. The van der Waals surface area contributed by atoms with Crippen molar-refractivity contribution in [2.24, 2.45) is 0 Å². The number of aromatic hydroxyl groups is 1. The molecule has 0 heterocycles. The molecule has 0 spiro atoms. The average molecular weight is 209 g/mol. The van der Waals surface area contributed by atoms with Crippen LogP contribution in [0.3, 0.4) is 0 Å². The Bertz CT molecular complexity index is 282. The van der Waals surface area contributed by atoms with E-state index < -0.39 is 0 Å². The molecule has 15 heavy (non-hydrogen) atoms. The summed E-state index contributed by atoms with van der Waals surface area (Å²) in [7, 11) is 0. The van der Waals surface area contributed by atoms with E-state index in [1.54, 1.807) is 12.1 Å². The average Bonchev–Trinajstić information content (AvgIpc) is 2.19. The van der Waals surface area contributed by atoms with Crippen molar-refractivity contribution in [3.8, 4) is 5.75 Å². The van der Waals surface area contributed by atoms with Gasteiger partial charge in [-0.15, -0.1) is 0 Å². The fraction of sp³-hybridized carbons (Fsp3) is 0.500. The van der Waals surface area contributed by atoms with Crippen molar-refractivity contribution < 1.29 is 10.2 Å². The molecular weight excluding hydrogens is 190 g/mol. The summed E-state index contributed by atoms with van der Waals surface area (Å²) in [5.74, 6) is 0.274. The van der Waals surface area contributed by atoms with Gasteiger partial charge >= 0.3 is 0 Å². The Morgan fingerprint density at radius 2 is 1.80 bits per heavy atom. The van der Waals surface area contributed by atoms with E-state index in [-0.39, 0.29) is 18.4 Å². The Labute approximate surface area is 90.8 Å². The lowest BCUT2D eigenvalue weighted by Gasteiger charge is -2.19. The predicted molar refractivity (Wildman–Crippen MR) is 61.0 cm³/mol. The lowest BCUT2D eigenvalue weighted by Crippen LogP contribution is -2.39. The molecule has 0 aliphatic carbocycles. The number of benzene rings is 1. The largest absolute Gasteiger partial charge is 0.508 e. The Kier molecular flexibility index (Phi) is 4.59. The fourth-order valence-electron chi connectivity index (χ4n) is 1.56. The summed E-state index contributed by atoms with van der Waals surface area (Å²) >= 11 is 0. The second kappa shape index (κ2) is 5.73. The first kappa shape index (κ1) is 12.0. The molecule has 1 rings (SSSR count). The normalized spacial score (nSPS) is 13.1. The van der Waals surface area contributed by atoms with Crippen LogP contribution in [0.25, 0.3) is 0 Å². The van der Waals surface area contributed by atoms with E-state index in [0.29, 0.717) is 6.04 Å². The van der Waals surface area contributed by atoms with Crippen LogP contribution in [0.5, 0.6) is 5.75 Å². The van der Waals surface area contributed by atoms with Gasteiger partial charge in [-0.05, 0) is 24.1 Å². The standard InChI is InChI=1S/C12H19NO2/c1-9(2)13-11(8-14)7-10-3-5-12(15)6-4-10/h3-6,9,11,13-15H,7-8H2,1-2H3. The molecule has 1 aromatic rings. The maximum Gasteiger partial charge on any atom is 0.115 e. The monoisotopic (exact) mass is 209 g/mol. The van der Waals surface area contributed by atoms with Gasteiger partial charge in [0.2, 0.25) is 0 Å². The van der Waals surface area contributed by atoms with Gasteiger partial charge in [-0.1, -0.05) is 26.0 Å².